The number of carbonyl (C=O) groups is 2. The fraction of sp³-hybridized carbons (Fsp3) is 0.333. The van der Waals surface area contributed by atoms with E-state index in [1.807, 2.05) is 0 Å². The lowest BCUT2D eigenvalue weighted by molar-refractivity contribution is -0.146. The first-order valence-corrected chi connectivity index (χ1v) is 5.05. The minimum Gasteiger partial charge on any atom is -0.479 e. The predicted molar refractivity (Wildman–Crippen MR) is 57.6 cm³/mol. The van der Waals surface area contributed by atoms with Crippen molar-refractivity contribution >= 4 is 23.5 Å². The van der Waals surface area contributed by atoms with E-state index < -0.39 is 18.0 Å². The summed E-state index contributed by atoms with van der Waals surface area (Å²) in [5, 5.41) is 19.8. The molecule has 7 nitrogen and oxygen atoms in total. The van der Waals surface area contributed by atoms with Crippen LogP contribution in [0.3, 0.4) is 0 Å². The molecule has 3 N–H and O–H groups in total. The number of aromatic nitrogens is 2. The predicted octanol–water partition coefficient (Wildman–Crippen LogP) is -0.305. The maximum absolute atomic E-state index is 11.4. The van der Waals surface area contributed by atoms with Crippen molar-refractivity contribution in [3.8, 4) is 0 Å². The van der Waals surface area contributed by atoms with Gasteiger partial charge in [0.1, 0.15) is 10.8 Å². The molecular weight excluding hydrogens is 250 g/mol. The van der Waals surface area contributed by atoms with Crippen LogP contribution in [-0.2, 0) is 4.79 Å². The Hall–Kier alpha value is -1.73. The minimum absolute atomic E-state index is 0.0144. The number of nitrogens with one attached hydrogen (secondary N) is 1. The molecule has 0 radical (unpaired) electrons. The molecule has 0 aromatic carbocycles. The molecule has 0 bridgehead atoms. The maximum atomic E-state index is 11.4. The number of carboxylic acids is 1. The van der Waals surface area contributed by atoms with E-state index in [-0.39, 0.29) is 23.8 Å². The second-order valence-corrected chi connectivity index (χ2v) is 3.51. The first kappa shape index (κ1) is 13.3. The lowest BCUT2D eigenvalue weighted by Gasteiger charge is -2.06. The molecule has 0 spiro atoms. The summed E-state index contributed by atoms with van der Waals surface area (Å²) in [6.45, 7) is 0.0144. The molecular formula is C9H10ClN3O4. The van der Waals surface area contributed by atoms with Gasteiger partial charge in [-0.05, 0) is 0 Å². The summed E-state index contributed by atoms with van der Waals surface area (Å²) in [6.07, 6.45) is 0.928. The molecule has 0 aliphatic carbocycles. The lowest BCUT2D eigenvalue weighted by atomic mass is 10.2. The van der Waals surface area contributed by atoms with Crippen molar-refractivity contribution in [2.75, 3.05) is 6.54 Å². The van der Waals surface area contributed by atoms with Gasteiger partial charge in [-0.1, -0.05) is 11.6 Å². The molecule has 1 amide bonds. The smallest absolute Gasteiger partial charge is 0.332 e. The summed E-state index contributed by atoms with van der Waals surface area (Å²) in [4.78, 5) is 29.1. The van der Waals surface area contributed by atoms with Crippen LogP contribution in [0, 0.1) is 0 Å². The number of carbonyl (C=O) groups excluding carboxylic acids is 1. The van der Waals surface area contributed by atoms with Crippen LogP contribution >= 0.6 is 11.6 Å². The molecule has 0 unspecified atom stereocenters. The Bertz CT molecular complexity index is 426. The summed E-state index contributed by atoms with van der Waals surface area (Å²) in [5.74, 6) is -1.86. The van der Waals surface area contributed by atoms with E-state index >= 15 is 0 Å². The molecule has 1 aromatic heterocycles. The maximum Gasteiger partial charge on any atom is 0.332 e. The van der Waals surface area contributed by atoms with Crippen molar-refractivity contribution in [2.45, 2.75) is 12.5 Å². The van der Waals surface area contributed by atoms with E-state index in [0.29, 0.717) is 0 Å². The Balaban J connectivity index is 2.43. The molecule has 1 rings (SSSR count). The van der Waals surface area contributed by atoms with Gasteiger partial charge in [0, 0.05) is 13.0 Å². The van der Waals surface area contributed by atoms with Crippen LogP contribution in [0.15, 0.2) is 12.4 Å². The molecule has 0 aliphatic heterocycles. The van der Waals surface area contributed by atoms with Crippen molar-refractivity contribution in [2.24, 2.45) is 0 Å². The van der Waals surface area contributed by atoms with Gasteiger partial charge in [0.25, 0.3) is 5.91 Å². The number of aliphatic carboxylic acids is 1. The number of amides is 1. The topological polar surface area (TPSA) is 112 Å². The Morgan fingerprint density at radius 1 is 1.47 bits per heavy atom. The van der Waals surface area contributed by atoms with Crippen molar-refractivity contribution in [3.63, 3.8) is 0 Å². The largest absolute Gasteiger partial charge is 0.479 e. The lowest BCUT2D eigenvalue weighted by Crippen LogP contribution is -2.30. The molecule has 17 heavy (non-hydrogen) atoms. The third-order valence-corrected chi connectivity index (χ3v) is 2.01. The van der Waals surface area contributed by atoms with Crippen molar-refractivity contribution in [1.82, 2.24) is 15.3 Å². The molecule has 1 aromatic rings. The highest BCUT2D eigenvalue weighted by atomic mass is 35.5. The SMILES string of the molecule is O=C(NCC[C@H](O)C(=O)O)c1cncc(Cl)n1. The van der Waals surface area contributed by atoms with Crippen LogP contribution in [0.1, 0.15) is 16.9 Å². The number of carboxylic acid groups (broad SMARTS) is 1. The van der Waals surface area contributed by atoms with E-state index in [9.17, 15) is 9.59 Å². The summed E-state index contributed by atoms with van der Waals surface area (Å²) in [7, 11) is 0. The molecule has 0 fully saturated rings. The number of halogens is 1. The minimum atomic E-state index is -1.50. The van der Waals surface area contributed by atoms with Gasteiger partial charge in [0.15, 0.2) is 6.10 Å². The zero-order chi connectivity index (χ0) is 12.8. The van der Waals surface area contributed by atoms with Crippen LogP contribution in [-0.4, -0.2) is 44.7 Å². The molecule has 8 heteroatoms. The highest BCUT2D eigenvalue weighted by Gasteiger charge is 2.14. The number of hydrogen-bond donors (Lipinski definition) is 3. The van der Waals surface area contributed by atoms with Crippen LogP contribution in [0.4, 0.5) is 0 Å². The zero-order valence-electron chi connectivity index (χ0n) is 8.63. The van der Waals surface area contributed by atoms with Gasteiger partial charge in [-0.25, -0.2) is 9.78 Å². The van der Waals surface area contributed by atoms with Crippen LogP contribution < -0.4 is 5.32 Å². The molecule has 1 heterocycles. The zero-order valence-corrected chi connectivity index (χ0v) is 9.39. The van der Waals surface area contributed by atoms with E-state index in [1.165, 1.54) is 12.4 Å². The number of aliphatic hydroxyl groups is 1. The first-order chi connectivity index (χ1) is 8.00. The van der Waals surface area contributed by atoms with Crippen LogP contribution in [0.5, 0.6) is 0 Å². The van der Waals surface area contributed by atoms with Crippen LogP contribution in [0.25, 0.3) is 0 Å². The molecule has 92 valence electrons. The van der Waals surface area contributed by atoms with Gasteiger partial charge >= 0.3 is 5.97 Å². The number of rotatable bonds is 5. The summed E-state index contributed by atoms with van der Waals surface area (Å²) in [6, 6.07) is 0. The number of aliphatic hydroxyl groups excluding tert-OH is 1. The van der Waals surface area contributed by atoms with E-state index in [0.717, 1.165) is 0 Å². The average molecular weight is 260 g/mol. The molecule has 0 saturated heterocycles. The summed E-state index contributed by atoms with van der Waals surface area (Å²) < 4.78 is 0. The van der Waals surface area contributed by atoms with Crippen LogP contribution in [0.2, 0.25) is 5.15 Å². The van der Waals surface area contributed by atoms with Crippen molar-refractivity contribution < 1.29 is 19.8 Å². The first-order valence-electron chi connectivity index (χ1n) is 4.67. The third kappa shape index (κ3) is 4.33. The molecule has 1 atom stereocenters. The molecule has 0 saturated carbocycles. The second kappa shape index (κ2) is 6.12. The van der Waals surface area contributed by atoms with E-state index in [4.69, 9.17) is 21.8 Å². The third-order valence-electron chi connectivity index (χ3n) is 1.83. The van der Waals surface area contributed by atoms with Gasteiger partial charge in [-0.3, -0.25) is 9.78 Å². The van der Waals surface area contributed by atoms with E-state index in [1.54, 1.807) is 0 Å². The highest BCUT2D eigenvalue weighted by molar-refractivity contribution is 6.29. The van der Waals surface area contributed by atoms with E-state index in [2.05, 4.69) is 15.3 Å². The van der Waals surface area contributed by atoms with Gasteiger partial charge in [0.2, 0.25) is 0 Å². The number of hydrogen-bond acceptors (Lipinski definition) is 5. The highest BCUT2D eigenvalue weighted by Crippen LogP contribution is 2.02. The second-order valence-electron chi connectivity index (χ2n) is 3.13. The van der Waals surface area contributed by atoms with Gasteiger partial charge in [-0.15, -0.1) is 0 Å². The molecule has 0 aliphatic rings. The van der Waals surface area contributed by atoms with Crippen molar-refractivity contribution in [1.29, 1.82) is 0 Å². The fourth-order valence-corrected chi connectivity index (χ4v) is 1.14. The Labute approximate surface area is 101 Å². The van der Waals surface area contributed by atoms with Crippen molar-refractivity contribution in [3.05, 3.63) is 23.2 Å². The monoisotopic (exact) mass is 259 g/mol. The Morgan fingerprint density at radius 2 is 2.18 bits per heavy atom. The quantitative estimate of drug-likeness (QED) is 0.669. The van der Waals surface area contributed by atoms with Gasteiger partial charge in [-0.2, -0.15) is 0 Å². The summed E-state index contributed by atoms with van der Waals surface area (Å²) in [5.41, 5.74) is 0.0299. The number of nitrogens with zero attached hydrogens (tertiary/aromatic N) is 2. The van der Waals surface area contributed by atoms with Gasteiger partial charge in [0.05, 0.1) is 12.4 Å². The Morgan fingerprint density at radius 3 is 2.76 bits per heavy atom. The average Bonchev–Trinajstić information content (AvgIpc) is 2.28. The van der Waals surface area contributed by atoms with Gasteiger partial charge < -0.3 is 15.5 Å². The fourth-order valence-electron chi connectivity index (χ4n) is 0.988. The standard InChI is InChI=1S/C9H10ClN3O4/c10-7-4-11-3-5(13-7)8(15)12-2-1-6(14)9(16)17/h3-4,6,14H,1-2H2,(H,12,15)(H,16,17)/t6-/m0/s1. The summed E-state index contributed by atoms with van der Waals surface area (Å²) >= 11 is 5.54. The Kier molecular flexibility index (Phi) is 4.80. The normalized spacial score (nSPS) is 11.9.